The van der Waals surface area contributed by atoms with Crippen molar-refractivity contribution in [2.24, 2.45) is 46.3 Å². The number of nitro groups is 1. The number of non-ortho nitro benzene ring substituents is 1. The molecule has 6 aromatic carbocycles. The van der Waals surface area contributed by atoms with Gasteiger partial charge in [0.25, 0.3) is 5.69 Å². The maximum Gasteiger partial charge on any atom is 0.514 e. The summed E-state index contributed by atoms with van der Waals surface area (Å²) in [6.07, 6.45) is 16.9. The predicted molar refractivity (Wildman–Crippen MR) is 390 cm³/mol. The highest BCUT2D eigenvalue weighted by atomic mass is 19.1. The van der Waals surface area contributed by atoms with Crippen molar-refractivity contribution in [1.29, 1.82) is 0 Å². The Hall–Kier alpha value is -8.74. The number of fused-ring (bicyclic) bond motifs is 5. The van der Waals surface area contributed by atoms with Crippen LogP contribution in [0.15, 0.2) is 169 Å². The lowest BCUT2D eigenvalue weighted by Gasteiger charge is -2.58. The first-order valence-corrected chi connectivity index (χ1v) is 36.7. The number of nitrogens with one attached hydrogen (secondary N) is 5. The zero-order chi connectivity index (χ0) is 71.5. The number of amides is 4. The largest absolute Gasteiger partial charge is 0.514 e. The average molecular weight is 1380 g/mol. The fourth-order valence-electron chi connectivity index (χ4n) is 17.2. The molecule has 538 valence electrons. The van der Waals surface area contributed by atoms with Gasteiger partial charge < -0.3 is 40.2 Å². The smallest absolute Gasteiger partial charge is 0.497 e. The van der Waals surface area contributed by atoms with Gasteiger partial charge in [-0.2, -0.15) is 0 Å². The number of allylic oxidation sites excluding steroid dienone is 1. The van der Waals surface area contributed by atoms with E-state index in [-0.39, 0.29) is 61.2 Å². The first-order chi connectivity index (χ1) is 48.7. The number of halogens is 1. The van der Waals surface area contributed by atoms with E-state index in [4.69, 9.17) is 18.9 Å². The average Bonchev–Trinajstić information content (AvgIpc) is 1.69. The van der Waals surface area contributed by atoms with E-state index in [1.807, 2.05) is 60.7 Å². The lowest BCUT2D eigenvalue weighted by atomic mass is 9.47. The van der Waals surface area contributed by atoms with Crippen LogP contribution in [0, 0.1) is 62.3 Å². The van der Waals surface area contributed by atoms with Crippen LogP contribution in [0.5, 0.6) is 11.5 Å². The Morgan fingerprint density at radius 2 is 1.36 bits per heavy atom. The number of carbonyl (C=O) groups is 5. The third-order valence-electron chi connectivity index (χ3n) is 22.5. The molecule has 0 aliphatic heterocycles. The van der Waals surface area contributed by atoms with Crippen LogP contribution in [-0.4, -0.2) is 79.7 Å². The Kier molecular flexibility index (Phi) is 26.1. The molecule has 18 heteroatoms. The number of hydrogen-bond donors (Lipinski definition) is 5. The molecule has 0 aromatic heterocycles. The van der Waals surface area contributed by atoms with Crippen molar-refractivity contribution in [3.05, 3.63) is 213 Å². The molecular weight excluding hydrogens is 1280 g/mol. The molecule has 6 aromatic rings. The number of benzene rings is 6. The van der Waals surface area contributed by atoms with Crippen LogP contribution in [0.1, 0.15) is 172 Å². The fraction of sp³-hybridized carbons (Fsp3) is 0.482. The third kappa shape index (κ3) is 19.3. The van der Waals surface area contributed by atoms with Crippen molar-refractivity contribution in [3.8, 4) is 11.5 Å². The Labute approximate surface area is 595 Å². The number of ether oxygens (including phenoxy) is 4. The molecule has 10 rings (SSSR count). The number of hydrogen-bond acceptors (Lipinski definition) is 12. The van der Waals surface area contributed by atoms with Gasteiger partial charge in [0.15, 0.2) is 0 Å². The van der Waals surface area contributed by atoms with Gasteiger partial charge in [0.05, 0.1) is 23.7 Å². The Morgan fingerprint density at radius 1 is 0.663 bits per heavy atom. The molecule has 4 amide bonds. The summed E-state index contributed by atoms with van der Waals surface area (Å²) in [6.45, 7) is 13.6. The summed E-state index contributed by atoms with van der Waals surface area (Å²) in [5, 5.41) is 26.5. The van der Waals surface area contributed by atoms with Crippen molar-refractivity contribution in [2.45, 2.75) is 181 Å². The highest BCUT2D eigenvalue weighted by molar-refractivity contribution is 5.98. The van der Waals surface area contributed by atoms with Crippen LogP contribution in [0.25, 0.3) is 0 Å². The summed E-state index contributed by atoms with van der Waals surface area (Å²) in [6, 6.07) is 43.0. The number of methoxy groups -OCH3 is 1. The van der Waals surface area contributed by atoms with E-state index in [1.54, 1.807) is 43.0 Å². The lowest BCUT2D eigenvalue weighted by Crippen LogP contribution is -2.53. The van der Waals surface area contributed by atoms with Crippen LogP contribution in [-0.2, 0) is 47.2 Å². The molecule has 0 radical (unpaired) electrons. The molecule has 0 bridgehead atoms. The zero-order valence-corrected chi connectivity index (χ0v) is 59.7. The molecule has 0 saturated heterocycles. The van der Waals surface area contributed by atoms with E-state index >= 15 is 0 Å². The molecule has 4 aliphatic carbocycles. The van der Waals surface area contributed by atoms with Gasteiger partial charge in [-0.25, -0.2) is 9.18 Å². The van der Waals surface area contributed by atoms with E-state index in [0.29, 0.717) is 66.9 Å². The molecule has 0 heterocycles. The van der Waals surface area contributed by atoms with Crippen molar-refractivity contribution >= 4 is 41.2 Å². The topological polar surface area (TPSA) is 226 Å². The van der Waals surface area contributed by atoms with Gasteiger partial charge in [-0.05, 0) is 206 Å². The second-order valence-corrected chi connectivity index (χ2v) is 29.5. The molecule has 101 heavy (non-hydrogen) atoms. The van der Waals surface area contributed by atoms with Crippen LogP contribution >= 0.6 is 0 Å². The van der Waals surface area contributed by atoms with Gasteiger partial charge in [-0.15, -0.1) is 0 Å². The minimum Gasteiger partial charge on any atom is -0.497 e. The maximum atomic E-state index is 14.7. The number of anilines is 1. The van der Waals surface area contributed by atoms with E-state index < -0.39 is 52.2 Å². The van der Waals surface area contributed by atoms with Gasteiger partial charge in [-0.1, -0.05) is 163 Å². The number of unbranched alkanes of at least 4 members (excludes halogenated alkanes) is 1. The summed E-state index contributed by atoms with van der Waals surface area (Å²) in [5.41, 5.74) is 5.64. The monoisotopic (exact) mass is 1380 g/mol. The number of rotatable bonds is 34. The third-order valence-corrected chi connectivity index (χ3v) is 22.5. The zero-order valence-electron chi connectivity index (χ0n) is 59.7. The molecular formula is C83H103FN6O11. The van der Waals surface area contributed by atoms with Crippen molar-refractivity contribution in [3.63, 3.8) is 0 Å². The van der Waals surface area contributed by atoms with Crippen LogP contribution in [0.3, 0.4) is 0 Å². The minimum atomic E-state index is -1.27. The molecule has 17 nitrogen and oxygen atoms in total. The Balaban J connectivity index is 0.743. The molecule has 5 N–H and O–H groups in total. The summed E-state index contributed by atoms with van der Waals surface area (Å²) in [4.78, 5) is 79.4. The molecule has 4 aliphatic rings. The second-order valence-electron chi connectivity index (χ2n) is 29.5. The molecule has 3 fully saturated rings. The maximum absolute atomic E-state index is 14.7. The minimum absolute atomic E-state index is 0.0588. The summed E-state index contributed by atoms with van der Waals surface area (Å²) >= 11 is 0. The van der Waals surface area contributed by atoms with E-state index in [0.717, 1.165) is 71.5 Å². The van der Waals surface area contributed by atoms with Crippen LogP contribution < -0.4 is 36.1 Å². The first-order valence-electron chi connectivity index (χ1n) is 36.7. The highest BCUT2D eigenvalue weighted by Gasteiger charge is 2.59. The van der Waals surface area contributed by atoms with Gasteiger partial charge in [-0.3, -0.25) is 34.6 Å². The van der Waals surface area contributed by atoms with Crippen LogP contribution in [0.2, 0.25) is 0 Å². The summed E-state index contributed by atoms with van der Waals surface area (Å²) in [7, 11) is 1.63. The Morgan fingerprint density at radius 3 is 2.04 bits per heavy atom. The summed E-state index contributed by atoms with van der Waals surface area (Å²) in [5.74, 6) is 2.86. The molecule has 0 unspecified atom stereocenters. The van der Waals surface area contributed by atoms with Gasteiger partial charge in [0.1, 0.15) is 36.0 Å². The van der Waals surface area contributed by atoms with Gasteiger partial charge in [0.2, 0.25) is 23.6 Å². The van der Waals surface area contributed by atoms with E-state index in [1.165, 1.54) is 93.8 Å². The van der Waals surface area contributed by atoms with Gasteiger partial charge in [0, 0.05) is 50.2 Å². The molecule has 10 atom stereocenters. The van der Waals surface area contributed by atoms with Crippen molar-refractivity contribution < 1.29 is 52.2 Å². The number of nitrogens with zero attached hydrogens (tertiary/aromatic N) is 1. The summed E-state index contributed by atoms with van der Waals surface area (Å²) < 4.78 is 37.3. The lowest BCUT2D eigenvalue weighted by molar-refractivity contribution is -0.384. The quantitative estimate of drug-likeness (QED) is 0.00484. The molecule has 3 saturated carbocycles. The van der Waals surface area contributed by atoms with E-state index in [2.05, 4.69) is 91.5 Å². The van der Waals surface area contributed by atoms with Crippen molar-refractivity contribution in [1.82, 2.24) is 21.3 Å². The first kappa shape index (κ1) is 74.9. The Bertz CT molecular complexity index is 3720. The van der Waals surface area contributed by atoms with Crippen LogP contribution in [0.4, 0.5) is 20.6 Å². The van der Waals surface area contributed by atoms with E-state index in [9.17, 15) is 38.5 Å². The second kappa shape index (κ2) is 35.2. The van der Waals surface area contributed by atoms with Gasteiger partial charge >= 0.3 is 6.16 Å². The number of nitro benzene ring substituents is 1. The SMILES string of the molecule is COc1ccc(C(NCCCC[C@H](NC(=O)[C@H](Cc2cccc(F)c2)NC(=O)CCC(=O)NCCCO[C@H]2CC[C@@]3(C)C(=CC[C@H]4[C@@H]5CC[C@H]([C@H](C)CCCC(C)C)[C@@]5(C)CC[C@@H]43)C2)C(=O)Nc2ccc(COC(=O)Oc3ccc([N+](=O)[O-])cc3)cc2)(c2ccccc2)c2ccccc2)cc1. The normalized spacial score (nSPS) is 21.6. The highest BCUT2D eigenvalue weighted by Crippen LogP contribution is 2.67. The molecule has 0 spiro atoms. The number of carbonyl (C=O) groups excluding carboxylic acids is 5. The van der Waals surface area contributed by atoms with Crippen molar-refractivity contribution in [2.75, 3.05) is 32.1 Å². The predicted octanol–water partition coefficient (Wildman–Crippen LogP) is 16.1. The standard InChI is InChI=1S/C83H103FN6O11/c1-56(2)18-15-19-57(3)71-41-42-72-70-40-31-63-54-69(45-47-81(63,4)73(70)46-48-82(71,72)5)99-51-17-49-85-76(91)43-44-77(92)88-75(53-59-20-16-25-64(84)52-59)79(94)89-74(78(93)87-65-32-27-58(28-33-65)55-100-80(95)101-68-38-34-66(35-39-68)90(96)97)26-13-14-50-86-83(60-21-9-7-10-22-60,61-23-11-8-12-24-61)62-29-36-67(98-6)37-30-62/h7-12,16,20-25,27-39,52,56-57,69-75,86H,13-15,17-19,26,40-51,53-55H2,1-6H3,(H,85,91)(H,87,93)(H,88,92)(H,89,94)/t57-,69+,70+,71-,72+,73+,74+,75+,81+,82-/m1/s1. The fourth-order valence-corrected chi connectivity index (χ4v) is 17.2.